The van der Waals surface area contributed by atoms with Crippen LogP contribution in [0.15, 0.2) is 12.1 Å². The van der Waals surface area contributed by atoms with Gasteiger partial charge in [0.1, 0.15) is 5.75 Å². The lowest BCUT2D eigenvalue weighted by atomic mass is 10.2. The Morgan fingerprint density at radius 1 is 1.53 bits per heavy atom. The minimum absolute atomic E-state index is 0.477. The van der Waals surface area contributed by atoms with Crippen molar-refractivity contribution in [1.82, 2.24) is 5.43 Å². The van der Waals surface area contributed by atoms with Crippen LogP contribution >= 0.6 is 11.6 Å². The zero-order valence-corrected chi connectivity index (χ0v) is 9.18. The summed E-state index contributed by atoms with van der Waals surface area (Å²) in [5, 5.41) is 3.02. The van der Waals surface area contributed by atoms with Crippen molar-refractivity contribution in [3.05, 3.63) is 22.7 Å². The second-order valence-electron chi connectivity index (χ2n) is 2.90. The van der Waals surface area contributed by atoms with Gasteiger partial charge in [0.25, 0.3) is 0 Å². The number of ether oxygens (including phenoxy) is 1. The lowest BCUT2D eigenvalue weighted by Gasteiger charge is -2.12. The highest BCUT2D eigenvalue weighted by Crippen LogP contribution is 2.31. The van der Waals surface area contributed by atoms with Gasteiger partial charge in [-0.3, -0.25) is 5.43 Å². The molecule has 0 aromatic heterocycles. The summed E-state index contributed by atoms with van der Waals surface area (Å²) in [6.45, 7) is 1.83. The van der Waals surface area contributed by atoms with Gasteiger partial charge < -0.3 is 10.1 Å². The van der Waals surface area contributed by atoms with Gasteiger partial charge in [-0.05, 0) is 24.6 Å². The summed E-state index contributed by atoms with van der Waals surface area (Å²) >= 11 is 5.85. The monoisotopic (exact) mass is 229 g/mol. The molecule has 0 spiro atoms. The molecule has 0 saturated heterocycles. The van der Waals surface area contributed by atoms with Gasteiger partial charge in [-0.25, -0.2) is 10.6 Å². The Hall–Kier alpha value is -1.46. The molecule has 6 heteroatoms. The van der Waals surface area contributed by atoms with E-state index >= 15 is 0 Å². The third kappa shape index (κ3) is 2.74. The maximum absolute atomic E-state index is 11.0. The van der Waals surface area contributed by atoms with E-state index in [2.05, 4.69) is 5.32 Å². The molecule has 0 saturated carbocycles. The van der Waals surface area contributed by atoms with E-state index in [0.717, 1.165) is 5.56 Å². The number of hydrazine groups is 1. The number of aryl methyl sites for hydroxylation is 1. The van der Waals surface area contributed by atoms with Crippen molar-refractivity contribution in [3.8, 4) is 5.75 Å². The Bertz CT molecular complexity index is 382. The lowest BCUT2D eigenvalue weighted by molar-refractivity contribution is 0.252. The fourth-order valence-electron chi connectivity index (χ4n) is 1.25. The first-order valence-corrected chi connectivity index (χ1v) is 4.58. The number of nitrogens with one attached hydrogen (secondary N) is 2. The molecule has 0 unspecified atom stereocenters. The smallest absolute Gasteiger partial charge is 0.333 e. The summed E-state index contributed by atoms with van der Waals surface area (Å²) in [6.07, 6.45) is 0. The summed E-state index contributed by atoms with van der Waals surface area (Å²) in [7, 11) is 1.52. The van der Waals surface area contributed by atoms with Gasteiger partial charge in [0.2, 0.25) is 0 Å². The topological polar surface area (TPSA) is 76.4 Å². The van der Waals surface area contributed by atoms with Crippen molar-refractivity contribution in [2.24, 2.45) is 5.84 Å². The predicted octanol–water partition coefficient (Wildman–Crippen LogP) is 1.65. The van der Waals surface area contributed by atoms with Crippen LogP contribution in [0.3, 0.4) is 0 Å². The van der Waals surface area contributed by atoms with Crippen LogP contribution in [0.4, 0.5) is 10.5 Å². The molecule has 82 valence electrons. The van der Waals surface area contributed by atoms with Crippen molar-refractivity contribution >= 4 is 23.3 Å². The number of halogens is 1. The summed E-state index contributed by atoms with van der Waals surface area (Å²) in [5.74, 6) is 5.51. The molecular weight excluding hydrogens is 218 g/mol. The third-order valence-electron chi connectivity index (χ3n) is 1.82. The highest BCUT2D eigenvalue weighted by atomic mass is 35.5. The van der Waals surface area contributed by atoms with E-state index in [-0.39, 0.29) is 0 Å². The van der Waals surface area contributed by atoms with Gasteiger partial charge in [-0.2, -0.15) is 0 Å². The largest absolute Gasteiger partial charge is 0.494 e. The molecule has 0 fully saturated rings. The summed E-state index contributed by atoms with van der Waals surface area (Å²) in [5.41, 5.74) is 3.26. The molecular formula is C9H12ClN3O2. The SMILES string of the molecule is COc1c(C)cc(Cl)cc1NC(=O)NN. The van der Waals surface area contributed by atoms with E-state index in [1.807, 2.05) is 12.3 Å². The summed E-state index contributed by atoms with van der Waals surface area (Å²) in [6, 6.07) is 2.80. The highest BCUT2D eigenvalue weighted by molar-refractivity contribution is 6.31. The average molecular weight is 230 g/mol. The molecule has 2 amide bonds. The number of anilines is 1. The number of amides is 2. The van der Waals surface area contributed by atoms with Crippen LogP contribution in [0.1, 0.15) is 5.56 Å². The van der Waals surface area contributed by atoms with Crippen LogP contribution in [0.5, 0.6) is 5.75 Å². The number of carbonyl (C=O) groups excluding carboxylic acids is 1. The Kier molecular flexibility index (Phi) is 3.76. The van der Waals surface area contributed by atoms with Gasteiger partial charge in [-0.15, -0.1) is 0 Å². The number of methoxy groups -OCH3 is 1. The maximum Gasteiger partial charge on any atom is 0.333 e. The Morgan fingerprint density at radius 3 is 2.73 bits per heavy atom. The number of benzene rings is 1. The maximum atomic E-state index is 11.0. The molecule has 0 atom stereocenters. The molecule has 0 aliphatic rings. The normalized spacial score (nSPS) is 9.60. The van der Waals surface area contributed by atoms with E-state index in [9.17, 15) is 4.79 Å². The van der Waals surface area contributed by atoms with E-state index < -0.39 is 6.03 Å². The molecule has 1 aromatic rings. The van der Waals surface area contributed by atoms with Crippen LogP contribution in [0, 0.1) is 6.92 Å². The summed E-state index contributed by atoms with van der Waals surface area (Å²) < 4.78 is 5.13. The van der Waals surface area contributed by atoms with Gasteiger partial charge >= 0.3 is 6.03 Å². The van der Waals surface area contributed by atoms with Crippen molar-refractivity contribution in [1.29, 1.82) is 0 Å². The van der Waals surface area contributed by atoms with Gasteiger partial charge in [0.05, 0.1) is 12.8 Å². The van der Waals surface area contributed by atoms with Crippen LogP contribution in [-0.4, -0.2) is 13.1 Å². The van der Waals surface area contributed by atoms with Crippen LogP contribution in [0.25, 0.3) is 0 Å². The second kappa shape index (κ2) is 4.86. The molecule has 1 aromatic carbocycles. The second-order valence-corrected chi connectivity index (χ2v) is 3.34. The first-order chi connectivity index (χ1) is 7.08. The Balaban J connectivity index is 3.09. The summed E-state index contributed by atoms with van der Waals surface area (Å²) in [4.78, 5) is 11.0. The zero-order chi connectivity index (χ0) is 11.4. The van der Waals surface area contributed by atoms with Crippen molar-refractivity contribution in [2.75, 3.05) is 12.4 Å². The molecule has 1 rings (SSSR count). The van der Waals surface area contributed by atoms with E-state index in [1.54, 1.807) is 12.1 Å². The lowest BCUT2D eigenvalue weighted by Crippen LogP contribution is -2.34. The number of hydrogen-bond donors (Lipinski definition) is 3. The predicted molar refractivity (Wildman–Crippen MR) is 59.1 cm³/mol. The minimum atomic E-state index is -0.532. The fraction of sp³-hybridized carbons (Fsp3) is 0.222. The van der Waals surface area contributed by atoms with Crippen molar-refractivity contribution in [3.63, 3.8) is 0 Å². The van der Waals surface area contributed by atoms with E-state index in [0.29, 0.717) is 16.5 Å². The Labute approximate surface area is 92.5 Å². The van der Waals surface area contributed by atoms with Crippen LogP contribution < -0.4 is 21.3 Å². The quantitative estimate of drug-likeness (QED) is 0.410. The van der Waals surface area contributed by atoms with E-state index in [1.165, 1.54) is 7.11 Å². The Morgan fingerprint density at radius 2 is 2.20 bits per heavy atom. The molecule has 5 nitrogen and oxygen atoms in total. The van der Waals surface area contributed by atoms with Gasteiger partial charge in [0, 0.05) is 5.02 Å². The fourth-order valence-corrected chi connectivity index (χ4v) is 1.52. The van der Waals surface area contributed by atoms with Crippen LogP contribution in [-0.2, 0) is 0 Å². The molecule has 0 aliphatic heterocycles. The van der Waals surface area contributed by atoms with Crippen LogP contribution in [0.2, 0.25) is 5.02 Å². The first kappa shape index (κ1) is 11.6. The van der Waals surface area contributed by atoms with Gasteiger partial charge in [0.15, 0.2) is 0 Å². The third-order valence-corrected chi connectivity index (χ3v) is 2.04. The van der Waals surface area contributed by atoms with Crippen molar-refractivity contribution in [2.45, 2.75) is 6.92 Å². The first-order valence-electron chi connectivity index (χ1n) is 4.20. The van der Waals surface area contributed by atoms with E-state index in [4.69, 9.17) is 22.2 Å². The number of rotatable bonds is 2. The number of hydrogen-bond acceptors (Lipinski definition) is 3. The zero-order valence-electron chi connectivity index (χ0n) is 8.43. The van der Waals surface area contributed by atoms with Gasteiger partial charge in [-0.1, -0.05) is 11.6 Å². The molecule has 0 bridgehead atoms. The molecule has 0 radical (unpaired) electrons. The number of nitrogens with two attached hydrogens (primary N) is 1. The molecule has 4 N–H and O–H groups in total. The molecule has 15 heavy (non-hydrogen) atoms. The number of urea groups is 1. The standard InChI is InChI=1S/C9H12ClN3O2/c1-5-3-6(10)4-7(8(5)15-2)12-9(14)13-11/h3-4H,11H2,1-2H3,(H2,12,13,14). The molecule has 0 heterocycles. The average Bonchev–Trinajstić information content (AvgIpc) is 2.17. The number of carbonyl (C=O) groups is 1. The highest BCUT2D eigenvalue weighted by Gasteiger charge is 2.10. The molecule has 0 aliphatic carbocycles. The van der Waals surface area contributed by atoms with Crippen molar-refractivity contribution < 1.29 is 9.53 Å². The minimum Gasteiger partial charge on any atom is -0.494 e.